The molecule has 0 spiro atoms. The summed E-state index contributed by atoms with van der Waals surface area (Å²) in [5, 5.41) is -0.716. The molecule has 1 aromatic carbocycles. The molecule has 0 heterocycles. The monoisotopic (exact) mass is 651 g/mol. The predicted molar refractivity (Wildman–Crippen MR) is 188 cm³/mol. The van der Waals surface area contributed by atoms with Gasteiger partial charge in [0.05, 0.1) is 10.8 Å². The SMILES string of the molecule is CCCC(OC(=O)C(C)(C)CCC(C)(CBC(C)(CC)C(=O)OCCN(C)C)C(=O)OC12CC3CC(CC(C3)C1)C2)c1ccccc1. The molecule has 0 aromatic heterocycles. The quantitative estimate of drug-likeness (QED) is 0.0906. The van der Waals surface area contributed by atoms with E-state index in [0.717, 1.165) is 37.7 Å². The first-order valence-corrected chi connectivity index (χ1v) is 18.4. The van der Waals surface area contributed by atoms with Gasteiger partial charge in [-0.1, -0.05) is 63.8 Å². The van der Waals surface area contributed by atoms with Crippen LogP contribution < -0.4 is 0 Å². The van der Waals surface area contributed by atoms with Crippen molar-refractivity contribution >= 4 is 25.2 Å². The lowest BCUT2D eigenvalue weighted by Crippen LogP contribution is -2.54. The van der Waals surface area contributed by atoms with Crippen molar-refractivity contribution in [1.29, 1.82) is 0 Å². The van der Waals surface area contributed by atoms with Gasteiger partial charge in [0.2, 0.25) is 0 Å². The molecule has 0 amide bonds. The van der Waals surface area contributed by atoms with Gasteiger partial charge in [0.1, 0.15) is 25.6 Å². The van der Waals surface area contributed by atoms with Crippen LogP contribution in [0.5, 0.6) is 0 Å². The molecular formula is C39H62BNO6. The minimum Gasteiger partial charge on any atom is -0.464 e. The van der Waals surface area contributed by atoms with Crippen LogP contribution in [-0.4, -0.2) is 62.9 Å². The average Bonchev–Trinajstić information content (AvgIpc) is 3.01. The summed E-state index contributed by atoms with van der Waals surface area (Å²) in [6, 6.07) is 9.93. The van der Waals surface area contributed by atoms with Gasteiger partial charge in [-0.15, -0.1) is 0 Å². The number of esters is 3. The van der Waals surface area contributed by atoms with Gasteiger partial charge in [-0.2, -0.15) is 0 Å². The van der Waals surface area contributed by atoms with E-state index in [0.29, 0.717) is 63.8 Å². The van der Waals surface area contributed by atoms with Crippen LogP contribution in [0.3, 0.4) is 0 Å². The molecule has 4 aliphatic rings. The molecule has 3 atom stereocenters. The molecule has 8 heteroatoms. The maximum absolute atomic E-state index is 14.4. The fourth-order valence-corrected chi connectivity index (χ4v) is 8.48. The van der Waals surface area contributed by atoms with E-state index in [-0.39, 0.29) is 29.6 Å². The summed E-state index contributed by atoms with van der Waals surface area (Å²) in [5.74, 6) is 1.35. The minimum atomic E-state index is -0.858. The maximum atomic E-state index is 14.4. The van der Waals surface area contributed by atoms with Crippen LogP contribution in [0.25, 0.3) is 0 Å². The Bertz CT molecular complexity index is 1180. The van der Waals surface area contributed by atoms with Gasteiger partial charge in [0.25, 0.3) is 0 Å². The largest absolute Gasteiger partial charge is 0.464 e. The molecule has 5 rings (SSSR count). The van der Waals surface area contributed by atoms with Crippen LogP contribution in [0.2, 0.25) is 11.6 Å². The van der Waals surface area contributed by atoms with E-state index in [1.54, 1.807) is 0 Å². The van der Waals surface area contributed by atoms with Gasteiger partial charge in [0.15, 0.2) is 0 Å². The number of carbonyl (C=O) groups is 3. The number of nitrogens with zero attached hydrogens (tertiary/aromatic N) is 1. The van der Waals surface area contributed by atoms with Gasteiger partial charge in [0, 0.05) is 11.9 Å². The molecule has 47 heavy (non-hydrogen) atoms. The Morgan fingerprint density at radius 1 is 0.894 bits per heavy atom. The van der Waals surface area contributed by atoms with Crippen molar-refractivity contribution in [3.63, 3.8) is 0 Å². The van der Waals surface area contributed by atoms with Gasteiger partial charge in [-0.25, -0.2) is 0 Å². The first kappa shape index (κ1) is 37.5. The summed E-state index contributed by atoms with van der Waals surface area (Å²) >= 11 is 0. The van der Waals surface area contributed by atoms with Crippen molar-refractivity contribution in [3.05, 3.63) is 35.9 Å². The topological polar surface area (TPSA) is 82.1 Å². The molecule has 0 aliphatic heterocycles. The van der Waals surface area contributed by atoms with Crippen LogP contribution in [-0.2, 0) is 28.6 Å². The van der Waals surface area contributed by atoms with Crippen molar-refractivity contribution in [1.82, 2.24) is 4.90 Å². The van der Waals surface area contributed by atoms with Gasteiger partial charge in [-0.05, 0) is 122 Å². The summed E-state index contributed by atoms with van der Waals surface area (Å²) in [4.78, 5) is 43.5. The van der Waals surface area contributed by atoms with E-state index >= 15 is 0 Å². The lowest BCUT2D eigenvalue weighted by atomic mass is 9.45. The van der Waals surface area contributed by atoms with Crippen LogP contribution in [0, 0.1) is 28.6 Å². The van der Waals surface area contributed by atoms with E-state index in [9.17, 15) is 14.4 Å². The van der Waals surface area contributed by atoms with Crippen molar-refractivity contribution < 1.29 is 28.6 Å². The summed E-state index contributed by atoms with van der Waals surface area (Å²) in [6.07, 6.45) is 10.1. The summed E-state index contributed by atoms with van der Waals surface area (Å²) in [7, 11) is 4.42. The second-order valence-corrected chi connectivity index (χ2v) is 16.9. The molecule has 7 nitrogen and oxygen atoms in total. The van der Waals surface area contributed by atoms with Gasteiger partial charge in [-0.3, -0.25) is 14.4 Å². The molecule has 4 saturated carbocycles. The number of likely N-dealkylation sites (N-methyl/N-ethyl adjacent to an activating group) is 1. The molecule has 3 unspecified atom stereocenters. The molecule has 0 radical (unpaired) electrons. The van der Waals surface area contributed by atoms with E-state index in [1.165, 1.54) is 19.3 Å². The smallest absolute Gasteiger partial charge is 0.312 e. The highest BCUT2D eigenvalue weighted by molar-refractivity contribution is 6.47. The summed E-state index contributed by atoms with van der Waals surface area (Å²) < 4.78 is 18.5. The highest BCUT2D eigenvalue weighted by Gasteiger charge is 2.55. The van der Waals surface area contributed by atoms with Gasteiger partial charge >= 0.3 is 17.9 Å². The number of ether oxygens (including phenoxy) is 3. The van der Waals surface area contributed by atoms with E-state index in [1.807, 2.05) is 83.9 Å². The molecule has 4 bridgehead atoms. The number of hydrogen-bond donors (Lipinski definition) is 0. The highest BCUT2D eigenvalue weighted by Crippen LogP contribution is 2.58. The van der Waals surface area contributed by atoms with Crippen molar-refractivity contribution in [3.8, 4) is 0 Å². The number of benzene rings is 1. The molecule has 262 valence electrons. The van der Waals surface area contributed by atoms with Crippen molar-refractivity contribution in [2.24, 2.45) is 28.6 Å². The lowest BCUT2D eigenvalue weighted by molar-refractivity contribution is -0.196. The summed E-state index contributed by atoms with van der Waals surface area (Å²) in [5.41, 5.74) is -1.02. The zero-order valence-electron chi connectivity index (χ0n) is 30.7. The minimum absolute atomic E-state index is 0.170. The second kappa shape index (κ2) is 15.5. The standard InChI is InChI=1S/C39H62BNO6/c1-9-14-32(31-15-12-11-13-16-31)46-33(42)36(3,4)17-18-37(5,27-40-38(6,10-2)35(44)45-20-19-41(7)8)34(43)47-39-24-28-21-29(25-39)23-30(22-28)26-39/h11-13,15-16,28-30,32,40H,9-10,14,17-27H2,1-8H3. The maximum Gasteiger partial charge on any atom is 0.312 e. The number of rotatable bonds is 18. The Labute approximate surface area is 285 Å². The Hall–Kier alpha value is -2.35. The summed E-state index contributed by atoms with van der Waals surface area (Å²) in [6.45, 7) is 12.9. The lowest BCUT2D eigenvalue weighted by Gasteiger charge is -2.56. The normalized spacial score (nSPS) is 26.6. The van der Waals surface area contributed by atoms with Crippen molar-refractivity contribution in [2.45, 2.75) is 136 Å². The Balaban J connectivity index is 1.50. The zero-order chi connectivity index (χ0) is 34.5. The first-order valence-electron chi connectivity index (χ1n) is 18.4. The fourth-order valence-electron chi connectivity index (χ4n) is 8.48. The fraction of sp³-hybridized carbons (Fsp3) is 0.769. The Kier molecular flexibility index (Phi) is 12.3. The third kappa shape index (κ3) is 9.42. The molecule has 0 N–H and O–H groups in total. The second-order valence-electron chi connectivity index (χ2n) is 16.9. The van der Waals surface area contributed by atoms with E-state index < -0.39 is 16.1 Å². The molecule has 4 fully saturated rings. The molecule has 4 aliphatic carbocycles. The highest BCUT2D eigenvalue weighted by atomic mass is 16.6. The van der Waals surface area contributed by atoms with E-state index in [4.69, 9.17) is 14.2 Å². The van der Waals surface area contributed by atoms with Crippen LogP contribution in [0.15, 0.2) is 30.3 Å². The molecular weight excluding hydrogens is 589 g/mol. The van der Waals surface area contributed by atoms with Crippen LogP contribution in [0.1, 0.15) is 124 Å². The first-order chi connectivity index (χ1) is 22.1. The Morgan fingerprint density at radius 3 is 2.02 bits per heavy atom. The van der Waals surface area contributed by atoms with Crippen molar-refractivity contribution in [2.75, 3.05) is 27.2 Å². The third-order valence-corrected chi connectivity index (χ3v) is 11.9. The molecule has 0 saturated heterocycles. The van der Waals surface area contributed by atoms with Crippen LogP contribution >= 0.6 is 0 Å². The van der Waals surface area contributed by atoms with Gasteiger partial charge < -0.3 is 19.1 Å². The zero-order valence-corrected chi connectivity index (χ0v) is 30.7. The average molecular weight is 652 g/mol. The van der Waals surface area contributed by atoms with Crippen LogP contribution in [0.4, 0.5) is 0 Å². The number of carbonyl (C=O) groups excluding carboxylic acids is 3. The Morgan fingerprint density at radius 2 is 1.49 bits per heavy atom. The molecule has 1 aromatic rings. The number of hydrogen-bond acceptors (Lipinski definition) is 7. The van der Waals surface area contributed by atoms with E-state index in [2.05, 4.69) is 6.92 Å². The predicted octanol–water partition coefficient (Wildman–Crippen LogP) is 7.94. The third-order valence-electron chi connectivity index (χ3n) is 11.9.